The van der Waals surface area contributed by atoms with E-state index in [-0.39, 0.29) is 18.2 Å². The molecule has 0 bridgehead atoms. The summed E-state index contributed by atoms with van der Waals surface area (Å²) in [5, 5.41) is 10.8. The third-order valence-electron chi connectivity index (χ3n) is 7.64. The number of aromatic nitrogens is 2. The molecular weight excluding hydrogens is 528 g/mol. The van der Waals surface area contributed by atoms with Gasteiger partial charge in [-0.15, -0.1) is 0 Å². The van der Waals surface area contributed by atoms with Crippen molar-refractivity contribution in [2.75, 3.05) is 26.8 Å². The second kappa shape index (κ2) is 13.0. The van der Waals surface area contributed by atoms with Crippen molar-refractivity contribution >= 4 is 34.6 Å². The number of ether oxygens (including phenoxy) is 1. The molecule has 2 amide bonds. The summed E-state index contributed by atoms with van der Waals surface area (Å²) in [6.07, 6.45) is 2.22. The summed E-state index contributed by atoms with van der Waals surface area (Å²) in [7, 11) is 1.71. The molecule has 1 aliphatic rings. The van der Waals surface area contributed by atoms with Crippen molar-refractivity contribution < 1.29 is 19.4 Å². The molecule has 0 aliphatic carbocycles. The van der Waals surface area contributed by atoms with Crippen molar-refractivity contribution in [1.82, 2.24) is 19.4 Å². The van der Waals surface area contributed by atoms with Crippen molar-refractivity contribution in [1.29, 1.82) is 0 Å². The number of carboxylic acid groups (broad SMARTS) is 1. The normalized spacial score (nSPS) is 16.7. The number of rotatable bonds is 10. The molecular formula is C31H41ClN4O4. The van der Waals surface area contributed by atoms with Crippen molar-refractivity contribution in [3.8, 4) is 0 Å². The molecule has 8 nitrogen and oxygen atoms in total. The van der Waals surface area contributed by atoms with Crippen LogP contribution < -0.4 is 0 Å². The molecule has 3 aromatic rings. The average Bonchev–Trinajstić information content (AvgIpc) is 3.28. The fraction of sp³-hybridized carbons (Fsp3) is 0.516. The van der Waals surface area contributed by atoms with Crippen LogP contribution >= 0.6 is 11.6 Å². The van der Waals surface area contributed by atoms with Gasteiger partial charge in [-0.3, -0.25) is 9.69 Å². The van der Waals surface area contributed by atoms with Gasteiger partial charge in [0, 0.05) is 62.3 Å². The Morgan fingerprint density at radius 1 is 1.18 bits per heavy atom. The maximum absolute atomic E-state index is 13.8. The number of amides is 2. The van der Waals surface area contributed by atoms with E-state index in [9.17, 15) is 14.7 Å². The Kier molecular flexibility index (Phi) is 9.74. The maximum Gasteiger partial charge on any atom is 0.408 e. The van der Waals surface area contributed by atoms with E-state index in [1.807, 2.05) is 56.0 Å². The number of methoxy groups -OCH3 is 1. The van der Waals surface area contributed by atoms with Gasteiger partial charge >= 0.3 is 6.09 Å². The lowest BCUT2D eigenvalue weighted by Gasteiger charge is -2.41. The number of fused-ring (bicyclic) bond motifs is 1. The second-order valence-corrected chi connectivity index (χ2v) is 12.1. The van der Waals surface area contributed by atoms with E-state index in [1.54, 1.807) is 19.2 Å². The number of piperidine rings is 1. The zero-order valence-corrected chi connectivity index (χ0v) is 24.7. The summed E-state index contributed by atoms with van der Waals surface area (Å²) in [4.78, 5) is 34.5. The first-order valence-corrected chi connectivity index (χ1v) is 14.4. The van der Waals surface area contributed by atoms with E-state index in [2.05, 4.69) is 10.6 Å². The average molecular weight is 569 g/mol. The van der Waals surface area contributed by atoms with E-state index in [0.717, 1.165) is 48.2 Å². The van der Waals surface area contributed by atoms with Crippen LogP contribution in [0.2, 0.25) is 5.02 Å². The van der Waals surface area contributed by atoms with Crippen LogP contribution in [-0.4, -0.2) is 74.8 Å². The molecule has 0 spiro atoms. The number of nitrogens with zero attached hydrogens (tertiary/aromatic N) is 4. The molecule has 1 N–H and O–H groups in total. The fourth-order valence-corrected chi connectivity index (χ4v) is 6.02. The fourth-order valence-electron chi connectivity index (χ4n) is 5.89. The molecule has 1 aliphatic heterocycles. The Morgan fingerprint density at radius 3 is 2.58 bits per heavy atom. The molecule has 1 fully saturated rings. The minimum atomic E-state index is -1.03. The van der Waals surface area contributed by atoms with Crippen LogP contribution in [0.15, 0.2) is 48.5 Å². The first-order chi connectivity index (χ1) is 19.1. The van der Waals surface area contributed by atoms with Gasteiger partial charge in [-0.25, -0.2) is 9.78 Å². The molecule has 2 heterocycles. The number of benzene rings is 2. The van der Waals surface area contributed by atoms with Gasteiger partial charge in [-0.05, 0) is 76.3 Å². The molecule has 9 heteroatoms. The molecule has 1 aromatic heterocycles. The van der Waals surface area contributed by atoms with Crippen molar-refractivity contribution in [2.24, 2.45) is 0 Å². The minimum absolute atomic E-state index is 0.0267. The van der Waals surface area contributed by atoms with E-state index >= 15 is 0 Å². The smallest absolute Gasteiger partial charge is 0.408 e. The van der Waals surface area contributed by atoms with Gasteiger partial charge in [0.25, 0.3) is 0 Å². The zero-order valence-electron chi connectivity index (χ0n) is 24.0. The Morgan fingerprint density at radius 2 is 1.90 bits per heavy atom. The number of carbonyl (C=O) groups is 2. The third kappa shape index (κ3) is 7.15. The van der Waals surface area contributed by atoms with Crippen molar-refractivity contribution in [3.05, 3.63) is 64.9 Å². The SMILES string of the molecule is COCCCn1c(C2CCCN(C(=O)C[C@@H](Cc3ccc(Cl)cc3)N(C(=O)O)C(C)(C)C)C2)nc2ccccc21. The van der Waals surface area contributed by atoms with Crippen LogP contribution in [0, 0.1) is 0 Å². The molecule has 2 aromatic carbocycles. The second-order valence-electron chi connectivity index (χ2n) is 11.6. The van der Waals surface area contributed by atoms with Gasteiger partial charge in [-0.2, -0.15) is 0 Å². The number of para-hydroxylation sites is 2. The summed E-state index contributed by atoms with van der Waals surface area (Å²) in [6, 6.07) is 15.0. The molecule has 1 saturated heterocycles. The van der Waals surface area contributed by atoms with Crippen LogP contribution in [0.25, 0.3) is 11.0 Å². The predicted molar refractivity (Wildman–Crippen MR) is 158 cm³/mol. The molecule has 216 valence electrons. The number of halogens is 1. The summed E-state index contributed by atoms with van der Waals surface area (Å²) in [5.74, 6) is 1.09. The van der Waals surface area contributed by atoms with E-state index in [4.69, 9.17) is 21.3 Å². The van der Waals surface area contributed by atoms with Crippen molar-refractivity contribution in [2.45, 2.75) is 76.9 Å². The first-order valence-electron chi connectivity index (χ1n) is 14.1. The minimum Gasteiger partial charge on any atom is -0.465 e. The Labute approximate surface area is 241 Å². The van der Waals surface area contributed by atoms with Gasteiger partial charge in [0.2, 0.25) is 5.91 Å². The quantitative estimate of drug-likeness (QED) is 0.294. The van der Waals surface area contributed by atoms with E-state index in [1.165, 1.54) is 4.90 Å². The summed E-state index contributed by atoms with van der Waals surface area (Å²) in [5.41, 5.74) is 2.34. The lowest BCUT2D eigenvalue weighted by atomic mass is 9.94. The highest BCUT2D eigenvalue weighted by molar-refractivity contribution is 6.30. The van der Waals surface area contributed by atoms with Gasteiger partial charge in [0.05, 0.1) is 11.0 Å². The number of hydrogen-bond donors (Lipinski definition) is 1. The predicted octanol–water partition coefficient (Wildman–Crippen LogP) is 6.21. The van der Waals surface area contributed by atoms with Gasteiger partial charge in [0.1, 0.15) is 5.82 Å². The monoisotopic (exact) mass is 568 g/mol. The Balaban J connectivity index is 1.56. The van der Waals surface area contributed by atoms with Gasteiger partial charge in [-0.1, -0.05) is 35.9 Å². The maximum atomic E-state index is 13.8. The lowest BCUT2D eigenvalue weighted by Crippen LogP contribution is -2.54. The summed E-state index contributed by atoms with van der Waals surface area (Å²) in [6.45, 7) is 8.31. The molecule has 0 radical (unpaired) electrons. The molecule has 40 heavy (non-hydrogen) atoms. The van der Waals surface area contributed by atoms with Gasteiger partial charge < -0.3 is 19.3 Å². The van der Waals surface area contributed by atoms with E-state index < -0.39 is 17.7 Å². The highest BCUT2D eigenvalue weighted by atomic mass is 35.5. The number of hydrogen-bond acceptors (Lipinski definition) is 4. The van der Waals surface area contributed by atoms with Gasteiger partial charge in [0.15, 0.2) is 0 Å². The topological polar surface area (TPSA) is 87.9 Å². The molecule has 1 unspecified atom stereocenters. The van der Waals surface area contributed by atoms with Crippen LogP contribution in [0.5, 0.6) is 0 Å². The molecule has 0 saturated carbocycles. The standard InChI is InChI=1S/C31H41ClN4O4/c1-31(2,3)36(30(38)39)25(19-22-12-14-24(32)15-13-22)20-28(37)34-16-7-9-23(21-34)29-33-26-10-5-6-11-27(26)35(29)17-8-18-40-4/h5-6,10-15,23,25H,7-9,16-21H2,1-4H3,(H,38,39)/t23?,25-/m1/s1. The van der Waals surface area contributed by atoms with Crippen LogP contribution in [0.3, 0.4) is 0 Å². The number of carbonyl (C=O) groups excluding carboxylic acids is 1. The lowest BCUT2D eigenvalue weighted by molar-refractivity contribution is -0.134. The highest BCUT2D eigenvalue weighted by Crippen LogP contribution is 2.31. The molecule has 2 atom stereocenters. The number of likely N-dealkylation sites (tertiary alicyclic amines) is 1. The summed E-state index contributed by atoms with van der Waals surface area (Å²) >= 11 is 6.08. The van der Waals surface area contributed by atoms with Crippen LogP contribution in [-0.2, 0) is 22.5 Å². The molecule has 4 rings (SSSR count). The number of aryl methyl sites for hydroxylation is 1. The highest BCUT2D eigenvalue weighted by Gasteiger charge is 2.36. The number of imidazole rings is 1. The Bertz CT molecular complexity index is 1300. The van der Waals surface area contributed by atoms with E-state index in [0.29, 0.717) is 31.1 Å². The first kappa shape index (κ1) is 29.9. The Hall–Kier alpha value is -3.10. The largest absolute Gasteiger partial charge is 0.465 e. The summed E-state index contributed by atoms with van der Waals surface area (Å²) < 4.78 is 7.57. The van der Waals surface area contributed by atoms with Crippen molar-refractivity contribution in [3.63, 3.8) is 0 Å². The third-order valence-corrected chi connectivity index (χ3v) is 7.89. The zero-order chi connectivity index (χ0) is 28.9. The van der Waals surface area contributed by atoms with Crippen LogP contribution in [0.1, 0.15) is 63.8 Å². The van der Waals surface area contributed by atoms with Crippen LogP contribution in [0.4, 0.5) is 4.79 Å².